The van der Waals surface area contributed by atoms with Crippen molar-refractivity contribution in [3.63, 3.8) is 0 Å². The number of nitrogens with one attached hydrogen (secondary N) is 2. The summed E-state index contributed by atoms with van der Waals surface area (Å²) in [5.41, 5.74) is 0.823. The lowest BCUT2D eigenvalue weighted by Gasteiger charge is -2.21. The molecule has 2 aromatic rings. The van der Waals surface area contributed by atoms with E-state index in [2.05, 4.69) is 31.4 Å². The first kappa shape index (κ1) is 15.5. The number of hydrogen-bond acceptors (Lipinski definition) is 3. The summed E-state index contributed by atoms with van der Waals surface area (Å²) >= 11 is 9.32. The molecule has 1 fully saturated rings. The summed E-state index contributed by atoms with van der Waals surface area (Å²) < 4.78 is 14.4. The van der Waals surface area contributed by atoms with Crippen LogP contribution in [0.25, 0.3) is 0 Å². The lowest BCUT2D eigenvalue weighted by Crippen LogP contribution is -2.16. The molecule has 2 N–H and O–H groups in total. The minimum absolute atomic E-state index is 0.0614. The van der Waals surface area contributed by atoms with Crippen molar-refractivity contribution in [1.29, 1.82) is 0 Å². The summed E-state index contributed by atoms with van der Waals surface area (Å²) in [4.78, 5) is 11.5. The van der Waals surface area contributed by atoms with E-state index < -0.39 is 5.56 Å². The van der Waals surface area contributed by atoms with Gasteiger partial charge in [0.2, 0.25) is 0 Å². The number of H-pyrrole nitrogens is 1. The van der Waals surface area contributed by atoms with Crippen molar-refractivity contribution in [3.05, 3.63) is 55.6 Å². The molecule has 1 aromatic carbocycles. The van der Waals surface area contributed by atoms with E-state index in [-0.39, 0.29) is 16.9 Å². The van der Waals surface area contributed by atoms with Gasteiger partial charge in [-0.3, -0.25) is 4.79 Å². The van der Waals surface area contributed by atoms with E-state index in [0.29, 0.717) is 16.1 Å². The van der Waals surface area contributed by atoms with Gasteiger partial charge in [0.15, 0.2) is 0 Å². The molecule has 116 valence electrons. The van der Waals surface area contributed by atoms with Crippen LogP contribution in [0.5, 0.6) is 0 Å². The maximum Gasteiger partial charge on any atom is 0.285 e. The summed E-state index contributed by atoms with van der Waals surface area (Å²) in [5.74, 6) is 0.315. The lowest BCUT2D eigenvalue weighted by atomic mass is 10.0. The van der Waals surface area contributed by atoms with Gasteiger partial charge in [0.1, 0.15) is 10.8 Å². The minimum atomic E-state index is -0.447. The van der Waals surface area contributed by atoms with E-state index in [1.807, 2.05) is 6.07 Å². The number of rotatable bonds is 5. The number of aromatic nitrogens is 2. The zero-order chi connectivity index (χ0) is 15.7. The van der Waals surface area contributed by atoms with Crippen LogP contribution in [0.3, 0.4) is 0 Å². The first-order valence-corrected chi connectivity index (χ1v) is 8.15. The summed E-state index contributed by atoms with van der Waals surface area (Å²) in [7, 11) is 0. The van der Waals surface area contributed by atoms with Gasteiger partial charge < -0.3 is 5.32 Å². The lowest BCUT2D eigenvalue weighted by molar-refractivity contribution is 0.603. The molecule has 0 bridgehead atoms. The maximum atomic E-state index is 13.7. The third kappa shape index (κ3) is 3.67. The average molecular weight is 387 g/mol. The van der Waals surface area contributed by atoms with Crippen molar-refractivity contribution < 1.29 is 4.39 Å². The Morgan fingerprint density at radius 2 is 2.23 bits per heavy atom. The van der Waals surface area contributed by atoms with Crippen molar-refractivity contribution in [3.8, 4) is 0 Å². The Kier molecular flexibility index (Phi) is 4.49. The van der Waals surface area contributed by atoms with E-state index in [1.54, 1.807) is 0 Å². The molecule has 0 radical (unpaired) electrons. The van der Waals surface area contributed by atoms with Crippen LogP contribution in [-0.4, -0.2) is 10.2 Å². The van der Waals surface area contributed by atoms with E-state index in [4.69, 9.17) is 11.6 Å². The molecular formula is C15H14BrClFN3O. The van der Waals surface area contributed by atoms with Crippen molar-refractivity contribution in [2.24, 2.45) is 5.92 Å². The van der Waals surface area contributed by atoms with Crippen molar-refractivity contribution >= 4 is 33.2 Å². The highest BCUT2D eigenvalue weighted by molar-refractivity contribution is 9.10. The Morgan fingerprint density at radius 1 is 1.45 bits per heavy atom. The molecule has 0 amide bonds. The Hall–Kier alpha value is -1.40. The van der Waals surface area contributed by atoms with Crippen LogP contribution in [0.15, 0.2) is 33.7 Å². The summed E-state index contributed by atoms with van der Waals surface area (Å²) in [6, 6.07) is 4.66. The highest BCUT2D eigenvalue weighted by Gasteiger charge is 2.27. The van der Waals surface area contributed by atoms with E-state index >= 15 is 0 Å². The Bertz CT molecular complexity index is 728. The maximum absolute atomic E-state index is 13.7. The smallest absolute Gasteiger partial charge is 0.285 e. The molecule has 1 aliphatic carbocycles. The average Bonchev–Trinajstić information content (AvgIpc) is 3.26. The first-order valence-electron chi connectivity index (χ1n) is 6.98. The fraction of sp³-hybridized carbons (Fsp3) is 0.333. The quantitative estimate of drug-likeness (QED) is 0.806. The van der Waals surface area contributed by atoms with Gasteiger partial charge in [0, 0.05) is 4.47 Å². The molecule has 1 unspecified atom stereocenters. The fourth-order valence-electron chi connectivity index (χ4n) is 2.41. The summed E-state index contributed by atoms with van der Waals surface area (Å²) in [6.07, 6.45) is 4.68. The molecule has 1 atom stereocenters. The standard InChI is InChI=1S/C15H14BrClFN3O/c16-10-4-9(5-11(18)6-10)12(3-8-1-2-8)20-13-7-19-21-15(22)14(13)17/h4-8,12H,1-3H2,(H2,20,21,22). The third-order valence-corrected chi connectivity index (χ3v) is 4.51. The molecule has 7 heteroatoms. The molecule has 1 heterocycles. The second-order valence-electron chi connectivity index (χ2n) is 5.51. The van der Waals surface area contributed by atoms with E-state index in [0.717, 1.165) is 12.0 Å². The number of hydrogen-bond donors (Lipinski definition) is 2. The molecule has 1 saturated carbocycles. The molecule has 0 spiro atoms. The predicted octanol–water partition coefficient (Wildman–Crippen LogP) is 4.28. The number of aromatic amines is 1. The number of halogens is 3. The minimum Gasteiger partial charge on any atom is -0.376 e. The number of nitrogens with zero attached hydrogens (tertiary/aromatic N) is 1. The highest BCUT2D eigenvalue weighted by atomic mass is 79.9. The molecule has 0 aliphatic heterocycles. The van der Waals surface area contributed by atoms with Gasteiger partial charge in [-0.15, -0.1) is 0 Å². The molecule has 22 heavy (non-hydrogen) atoms. The Morgan fingerprint density at radius 3 is 2.91 bits per heavy atom. The van der Waals surface area contributed by atoms with Crippen molar-refractivity contribution in [2.45, 2.75) is 25.3 Å². The van der Waals surface area contributed by atoms with Crippen LogP contribution in [0.4, 0.5) is 10.1 Å². The van der Waals surface area contributed by atoms with Gasteiger partial charge in [-0.05, 0) is 36.1 Å². The third-order valence-electron chi connectivity index (χ3n) is 3.68. The normalized spacial score (nSPS) is 15.6. The van der Waals surface area contributed by atoms with Gasteiger partial charge in [-0.2, -0.15) is 5.10 Å². The second-order valence-corrected chi connectivity index (χ2v) is 6.80. The van der Waals surface area contributed by atoms with Crippen LogP contribution in [-0.2, 0) is 0 Å². The molecule has 3 rings (SSSR count). The van der Waals surface area contributed by atoms with Crippen LogP contribution >= 0.6 is 27.5 Å². The Balaban J connectivity index is 1.92. The van der Waals surface area contributed by atoms with Gasteiger partial charge in [-0.1, -0.05) is 40.4 Å². The van der Waals surface area contributed by atoms with Crippen LogP contribution in [0, 0.1) is 11.7 Å². The largest absolute Gasteiger partial charge is 0.376 e. The molecule has 1 aromatic heterocycles. The number of benzene rings is 1. The SMILES string of the molecule is O=c1[nH]ncc(NC(CC2CC2)c2cc(F)cc(Br)c2)c1Cl. The molecule has 0 saturated heterocycles. The van der Waals surface area contributed by atoms with E-state index in [1.165, 1.54) is 31.2 Å². The highest BCUT2D eigenvalue weighted by Crippen LogP contribution is 2.39. The zero-order valence-electron chi connectivity index (χ0n) is 11.6. The van der Waals surface area contributed by atoms with Crippen LogP contribution in [0.2, 0.25) is 5.02 Å². The molecular weight excluding hydrogens is 373 g/mol. The fourth-order valence-corrected chi connectivity index (χ4v) is 3.04. The Labute approximate surface area is 140 Å². The van der Waals surface area contributed by atoms with Crippen LogP contribution in [0.1, 0.15) is 30.9 Å². The van der Waals surface area contributed by atoms with Gasteiger partial charge >= 0.3 is 0 Å². The zero-order valence-corrected chi connectivity index (χ0v) is 13.9. The monoisotopic (exact) mass is 385 g/mol. The first-order chi connectivity index (χ1) is 10.5. The van der Waals surface area contributed by atoms with E-state index in [9.17, 15) is 9.18 Å². The summed E-state index contributed by atoms with van der Waals surface area (Å²) in [5, 5.41) is 9.32. The van der Waals surface area contributed by atoms with Gasteiger partial charge in [0.25, 0.3) is 5.56 Å². The topological polar surface area (TPSA) is 57.8 Å². The van der Waals surface area contributed by atoms with Gasteiger partial charge in [0.05, 0.1) is 17.9 Å². The predicted molar refractivity (Wildman–Crippen MR) is 87.7 cm³/mol. The van der Waals surface area contributed by atoms with Crippen molar-refractivity contribution in [1.82, 2.24) is 10.2 Å². The number of anilines is 1. The molecule has 4 nitrogen and oxygen atoms in total. The summed E-state index contributed by atoms with van der Waals surface area (Å²) in [6.45, 7) is 0. The van der Waals surface area contributed by atoms with Gasteiger partial charge in [-0.25, -0.2) is 9.49 Å². The van der Waals surface area contributed by atoms with Crippen molar-refractivity contribution in [2.75, 3.05) is 5.32 Å². The van der Waals surface area contributed by atoms with Crippen LogP contribution < -0.4 is 10.9 Å². The second kappa shape index (κ2) is 6.38. The molecule has 1 aliphatic rings.